The SMILES string of the molecule is CC1(C)C[C@@](C)(Br)[C@@H](Br)C(=O)[C@@H]1C(O)(C(F)(F)F)C(F)(F)F. The van der Waals surface area contributed by atoms with E-state index in [4.69, 9.17) is 0 Å². The van der Waals surface area contributed by atoms with E-state index in [0.29, 0.717) is 0 Å². The van der Waals surface area contributed by atoms with E-state index in [-0.39, 0.29) is 6.42 Å². The zero-order valence-electron chi connectivity index (χ0n) is 11.7. The zero-order valence-corrected chi connectivity index (χ0v) is 14.9. The van der Waals surface area contributed by atoms with Crippen LogP contribution in [-0.2, 0) is 4.79 Å². The molecule has 0 bridgehead atoms. The van der Waals surface area contributed by atoms with Gasteiger partial charge >= 0.3 is 12.4 Å². The molecule has 0 saturated heterocycles. The normalized spacial score (nSPS) is 33.9. The second-order valence-electron chi connectivity index (χ2n) is 6.40. The van der Waals surface area contributed by atoms with Crippen LogP contribution >= 0.6 is 31.9 Å². The van der Waals surface area contributed by atoms with Gasteiger partial charge in [-0.05, 0) is 18.8 Å². The Morgan fingerprint density at radius 2 is 1.45 bits per heavy atom. The number of alkyl halides is 8. The highest BCUT2D eigenvalue weighted by Crippen LogP contribution is 2.59. The maximum absolute atomic E-state index is 13.1. The first-order chi connectivity index (χ1) is 9.39. The molecule has 0 aromatic carbocycles. The molecular weight excluding hydrogens is 450 g/mol. The summed E-state index contributed by atoms with van der Waals surface area (Å²) in [5, 5.41) is 9.60. The first kappa shape index (κ1) is 20.2. The van der Waals surface area contributed by atoms with Crippen LogP contribution in [0.1, 0.15) is 27.2 Å². The van der Waals surface area contributed by atoms with Crippen LogP contribution in [-0.4, -0.2) is 38.0 Å². The maximum Gasteiger partial charge on any atom is 0.427 e. The molecule has 0 aromatic rings. The number of halogens is 8. The molecule has 10 heteroatoms. The summed E-state index contributed by atoms with van der Waals surface area (Å²) < 4.78 is 77.4. The molecule has 0 heterocycles. The molecule has 1 aliphatic rings. The van der Waals surface area contributed by atoms with Gasteiger partial charge in [-0.15, -0.1) is 0 Å². The van der Waals surface area contributed by atoms with E-state index in [2.05, 4.69) is 31.9 Å². The van der Waals surface area contributed by atoms with Crippen molar-refractivity contribution in [3.05, 3.63) is 0 Å². The number of aliphatic hydroxyl groups is 1. The molecule has 1 saturated carbocycles. The summed E-state index contributed by atoms with van der Waals surface area (Å²) in [4.78, 5) is 11.0. The fourth-order valence-corrected chi connectivity index (χ4v) is 4.54. The van der Waals surface area contributed by atoms with Crippen LogP contribution in [0.25, 0.3) is 0 Å². The van der Waals surface area contributed by atoms with Gasteiger partial charge in [-0.2, -0.15) is 26.3 Å². The second-order valence-corrected chi connectivity index (χ2v) is 9.13. The van der Waals surface area contributed by atoms with Crippen LogP contribution < -0.4 is 0 Å². The first-order valence-electron chi connectivity index (χ1n) is 6.12. The highest BCUT2D eigenvalue weighted by molar-refractivity contribution is 9.12. The lowest BCUT2D eigenvalue weighted by Crippen LogP contribution is -2.70. The molecule has 1 fully saturated rings. The van der Waals surface area contributed by atoms with Crippen LogP contribution in [0.2, 0.25) is 0 Å². The van der Waals surface area contributed by atoms with E-state index in [1.165, 1.54) is 6.92 Å². The van der Waals surface area contributed by atoms with Crippen LogP contribution in [0.3, 0.4) is 0 Å². The highest BCUT2D eigenvalue weighted by atomic mass is 79.9. The Balaban J connectivity index is 3.59. The van der Waals surface area contributed by atoms with Crippen LogP contribution in [0, 0.1) is 11.3 Å². The number of ketones is 1. The van der Waals surface area contributed by atoms with Crippen molar-refractivity contribution in [2.45, 2.75) is 54.3 Å². The number of Topliss-reactive ketones (excluding diaryl/α,β-unsaturated/α-hetero) is 1. The molecule has 1 N–H and O–H groups in total. The molecule has 0 unspecified atom stereocenters. The third-order valence-corrected chi connectivity index (χ3v) is 6.74. The Labute approximate surface area is 139 Å². The minimum absolute atomic E-state index is 0.180. The minimum atomic E-state index is -6.03. The molecule has 1 rings (SSSR count). The summed E-state index contributed by atoms with van der Waals surface area (Å²) >= 11 is 6.01. The maximum atomic E-state index is 13.1. The van der Waals surface area contributed by atoms with Crippen molar-refractivity contribution in [1.29, 1.82) is 0 Å². The smallest absolute Gasteiger partial charge is 0.373 e. The number of hydrogen-bond acceptors (Lipinski definition) is 2. The Morgan fingerprint density at radius 1 is 1.09 bits per heavy atom. The Hall–Kier alpha value is 0.170. The van der Waals surface area contributed by atoms with Crippen LogP contribution in [0.15, 0.2) is 0 Å². The van der Waals surface area contributed by atoms with Gasteiger partial charge in [0, 0.05) is 4.32 Å². The summed E-state index contributed by atoms with van der Waals surface area (Å²) in [6, 6.07) is 0. The number of rotatable bonds is 1. The van der Waals surface area contributed by atoms with E-state index in [0.717, 1.165) is 13.8 Å². The lowest BCUT2D eigenvalue weighted by atomic mass is 9.58. The molecule has 0 amide bonds. The van der Waals surface area contributed by atoms with Gasteiger partial charge in [0.25, 0.3) is 5.60 Å². The van der Waals surface area contributed by atoms with Crippen molar-refractivity contribution in [3.63, 3.8) is 0 Å². The molecule has 2 nitrogen and oxygen atoms in total. The van der Waals surface area contributed by atoms with Gasteiger partial charge < -0.3 is 5.11 Å². The largest absolute Gasteiger partial charge is 0.427 e. The molecular formula is C12H14Br2F6O2. The van der Waals surface area contributed by atoms with Crippen molar-refractivity contribution < 1.29 is 36.2 Å². The summed E-state index contributed by atoms with van der Waals surface area (Å²) in [5.74, 6) is -4.01. The molecule has 1 aliphatic carbocycles. The minimum Gasteiger partial charge on any atom is -0.373 e. The van der Waals surface area contributed by atoms with E-state index in [9.17, 15) is 36.2 Å². The number of carbonyl (C=O) groups is 1. The first-order valence-corrected chi connectivity index (χ1v) is 7.83. The van der Waals surface area contributed by atoms with Gasteiger partial charge in [-0.3, -0.25) is 4.79 Å². The van der Waals surface area contributed by atoms with E-state index < -0.39 is 44.2 Å². The van der Waals surface area contributed by atoms with Crippen molar-refractivity contribution in [3.8, 4) is 0 Å². The van der Waals surface area contributed by atoms with Gasteiger partial charge in [0.2, 0.25) is 0 Å². The van der Waals surface area contributed by atoms with Crippen molar-refractivity contribution in [2.75, 3.05) is 0 Å². The van der Waals surface area contributed by atoms with Gasteiger partial charge in [-0.1, -0.05) is 45.7 Å². The quantitative estimate of drug-likeness (QED) is 0.463. The molecule has 0 aliphatic heterocycles. The number of carbonyl (C=O) groups excluding carboxylic acids is 1. The highest BCUT2D eigenvalue weighted by Gasteiger charge is 2.78. The molecule has 0 radical (unpaired) electrons. The average molecular weight is 464 g/mol. The van der Waals surface area contributed by atoms with Crippen molar-refractivity contribution in [1.82, 2.24) is 0 Å². The predicted octanol–water partition coefficient (Wildman–Crippen LogP) is 4.37. The van der Waals surface area contributed by atoms with Crippen LogP contribution in [0.5, 0.6) is 0 Å². The fraction of sp³-hybridized carbons (Fsp3) is 0.917. The van der Waals surface area contributed by atoms with Gasteiger partial charge in [0.05, 0.1) is 10.7 Å². The standard InChI is InChI=1S/C12H14Br2F6O2/c1-8(2)4-9(3,14)7(13)5(21)6(8)10(22,11(15,16)17)12(18,19)20/h6-7,22H,4H2,1-3H3/t6-,7-,9+/m0/s1. The summed E-state index contributed by atoms with van der Waals surface area (Å²) in [5.41, 5.74) is -6.84. The van der Waals surface area contributed by atoms with Gasteiger partial charge in [0.15, 0.2) is 5.78 Å². The van der Waals surface area contributed by atoms with Crippen LogP contribution in [0.4, 0.5) is 26.3 Å². The average Bonchev–Trinajstić information content (AvgIpc) is 2.20. The van der Waals surface area contributed by atoms with E-state index in [1.54, 1.807) is 0 Å². The topological polar surface area (TPSA) is 37.3 Å². The Kier molecular flexibility index (Phi) is 4.90. The second kappa shape index (κ2) is 5.34. The van der Waals surface area contributed by atoms with E-state index >= 15 is 0 Å². The predicted molar refractivity (Wildman–Crippen MR) is 74.0 cm³/mol. The molecule has 3 atom stereocenters. The van der Waals surface area contributed by atoms with E-state index in [1.807, 2.05) is 0 Å². The summed E-state index contributed by atoms with van der Waals surface area (Å²) in [6.45, 7) is 3.70. The number of hydrogen-bond donors (Lipinski definition) is 1. The lowest BCUT2D eigenvalue weighted by Gasteiger charge is -2.52. The Bertz CT molecular complexity index is 455. The molecule has 130 valence electrons. The third-order valence-electron chi connectivity index (χ3n) is 3.93. The molecule has 0 spiro atoms. The Morgan fingerprint density at radius 3 is 1.77 bits per heavy atom. The fourth-order valence-electron chi connectivity index (χ4n) is 3.17. The van der Waals surface area contributed by atoms with Crippen molar-refractivity contribution in [2.24, 2.45) is 11.3 Å². The van der Waals surface area contributed by atoms with Crippen molar-refractivity contribution >= 4 is 37.6 Å². The zero-order chi connectivity index (χ0) is 17.9. The summed E-state index contributed by atoms with van der Waals surface area (Å²) in [7, 11) is 0. The lowest BCUT2D eigenvalue weighted by molar-refractivity contribution is -0.389. The third kappa shape index (κ3) is 2.94. The van der Waals surface area contributed by atoms with Gasteiger partial charge in [0.1, 0.15) is 0 Å². The van der Waals surface area contributed by atoms with Gasteiger partial charge in [-0.25, -0.2) is 0 Å². The molecule has 22 heavy (non-hydrogen) atoms. The molecule has 0 aromatic heterocycles. The monoisotopic (exact) mass is 462 g/mol. The summed E-state index contributed by atoms with van der Waals surface area (Å²) in [6.07, 6.45) is -12.2.